The van der Waals surface area contributed by atoms with Gasteiger partial charge in [-0.25, -0.2) is 0 Å². The molecule has 0 aromatic carbocycles. The van der Waals surface area contributed by atoms with E-state index in [0.29, 0.717) is 11.3 Å². The van der Waals surface area contributed by atoms with Crippen LogP contribution in [0.15, 0.2) is 30.7 Å². The van der Waals surface area contributed by atoms with Gasteiger partial charge < -0.3 is 5.73 Å². The van der Waals surface area contributed by atoms with E-state index < -0.39 is 18.1 Å². The molecule has 8 heteroatoms. The molecule has 0 saturated heterocycles. The Bertz CT molecular complexity index is 674. The van der Waals surface area contributed by atoms with Gasteiger partial charge in [0, 0.05) is 11.8 Å². The highest BCUT2D eigenvalue weighted by Gasteiger charge is 2.34. The second-order valence-electron chi connectivity index (χ2n) is 5.47. The first-order valence-electron chi connectivity index (χ1n) is 6.45. The van der Waals surface area contributed by atoms with Gasteiger partial charge in [0.05, 0.1) is 23.5 Å². The highest BCUT2D eigenvalue weighted by molar-refractivity contribution is 6.02. The minimum absolute atomic E-state index is 0.197. The number of nitrogens with zero attached hydrogens (tertiary/aromatic N) is 3. The number of hydrogen-bond donors (Lipinski definition) is 1. The van der Waals surface area contributed by atoms with Crippen molar-refractivity contribution in [3.05, 3.63) is 42.0 Å². The Morgan fingerprint density at radius 2 is 1.95 bits per heavy atom. The molecule has 2 aromatic heterocycles. The van der Waals surface area contributed by atoms with Gasteiger partial charge in [-0.05, 0) is 26.0 Å². The third-order valence-corrected chi connectivity index (χ3v) is 3.28. The molecule has 0 atom stereocenters. The Morgan fingerprint density at radius 1 is 1.27 bits per heavy atom. The quantitative estimate of drug-likeness (QED) is 0.881. The first-order valence-corrected chi connectivity index (χ1v) is 6.45. The Hall–Kier alpha value is -2.38. The number of alkyl halides is 3. The predicted octanol–water partition coefficient (Wildman–Crippen LogP) is 2.58. The monoisotopic (exact) mass is 312 g/mol. The zero-order valence-electron chi connectivity index (χ0n) is 12.1. The molecule has 0 aliphatic heterocycles. The normalized spacial score (nSPS) is 12.4. The number of nitrogen functional groups attached to an aromatic ring is 1. The van der Waals surface area contributed by atoms with E-state index in [9.17, 15) is 18.0 Å². The fourth-order valence-corrected chi connectivity index (χ4v) is 1.95. The summed E-state index contributed by atoms with van der Waals surface area (Å²) in [5, 5.41) is 3.66. The van der Waals surface area contributed by atoms with Crippen molar-refractivity contribution in [3.8, 4) is 0 Å². The van der Waals surface area contributed by atoms with E-state index in [1.807, 2.05) is 0 Å². The van der Waals surface area contributed by atoms with Gasteiger partial charge in [0.1, 0.15) is 12.2 Å². The number of anilines is 1. The van der Waals surface area contributed by atoms with Crippen LogP contribution in [-0.4, -0.2) is 26.7 Å². The Kier molecular flexibility index (Phi) is 3.95. The molecular weight excluding hydrogens is 297 g/mol. The van der Waals surface area contributed by atoms with Gasteiger partial charge >= 0.3 is 6.18 Å². The topological polar surface area (TPSA) is 73.8 Å². The smallest absolute Gasteiger partial charge is 0.397 e. The molecule has 0 bridgehead atoms. The van der Waals surface area contributed by atoms with E-state index in [1.54, 1.807) is 19.9 Å². The zero-order valence-corrected chi connectivity index (χ0v) is 12.1. The largest absolute Gasteiger partial charge is 0.408 e. The maximum atomic E-state index is 12.5. The maximum absolute atomic E-state index is 12.5. The van der Waals surface area contributed by atoms with Crippen molar-refractivity contribution in [1.82, 2.24) is 14.8 Å². The third kappa shape index (κ3) is 3.44. The number of Topliss-reactive ketones (excluding diaryl/α,β-unsaturated/α-hetero) is 1. The van der Waals surface area contributed by atoms with E-state index in [0.717, 1.165) is 4.68 Å². The molecule has 2 N–H and O–H groups in total. The van der Waals surface area contributed by atoms with E-state index >= 15 is 0 Å². The predicted molar refractivity (Wildman–Crippen MR) is 74.3 cm³/mol. The highest BCUT2D eigenvalue weighted by Crippen LogP contribution is 2.27. The molecule has 118 valence electrons. The van der Waals surface area contributed by atoms with Gasteiger partial charge in [-0.15, -0.1) is 0 Å². The number of pyridine rings is 1. The summed E-state index contributed by atoms with van der Waals surface area (Å²) >= 11 is 0. The molecule has 22 heavy (non-hydrogen) atoms. The molecule has 0 unspecified atom stereocenters. The van der Waals surface area contributed by atoms with Crippen molar-refractivity contribution in [2.45, 2.75) is 32.0 Å². The summed E-state index contributed by atoms with van der Waals surface area (Å²) in [6.45, 7) is 2.03. The van der Waals surface area contributed by atoms with E-state index in [1.165, 1.54) is 24.7 Å². The van der Waals surface area contributed by atoms with Crippen molar-refractivity contribution in [1.29, 1.82) is 0 Å². The van der Waals surface area contributed by atoms with Crippen molar-refractivity contribution in [3.63, 3.8) is 0 Å². The lowest BCUT2D eigenvalue weighted by Gasteiger charge is -2.21. The second-order valence-corrected chi connectivity index (χ2v) is 5.47. The Labute approximate surface area is 125 Å². The van der Waals surface area contributed by atoms with Crippen LogP contribution in [-0.2, 0) is 12.0 Å². The summed E-state index contributed by atoms with van der Waals surface area (Å²) in [4.78, 5) is 16.5. The van der Waals surface area contributed by atoms with E-state index in [4.69, 9.17) is 5.73 Å². The standard InChI is InChI=1S/C14H15F3N4O/c1-13(2,12(22)11-4-3-10(18)6-19-11)9-5-20-21(7-9)8-14(15,16)17/h3-7H,8,18H2,1-2H3. The number of rotatable bonds is 4. The molecular formula is C14H15F3N4O. The van der Waals surface area contributed by atoms with Crippen molar-refractivity contribution in [2.75, 3.05) is 5.73 Å². The Morgan fingerprint density at radius 3 is 2.50 bits per heavy atom. The molecule has 0 saturated carbocycles. The zero-order chi connectivity index (χ0) is 16.5. The number of halogens is 3. The summed E-state index contributed by atoms with van der Waals surface area (Å²) in [6, 6.07) is 3.03. The molecule has 0 aliphatic carbocycles. The lowest BCUT2D eigenvalue weighted by molar-refractivity contribution is -0.142. The number of carbonyl (C=O) groups excluding carboxylic acids is 1. The third-order valence-electron chi connectivity index (χ3n) is 3.28. The lowest BCUT2D eigenvalue weighted by Crippen LogP contribution is -2.29. The molecule has 5 nitrogen and oxygen atoms in total. The van der Waals surface area contributed by atoms with Gasteiger partial charge in [0.15, 0.2) is 5.78 Å². The Balaban J connectivity index is 2.26. The van der Waals surface area contributed by atoms with Gasteiger partial charge in [0.2, 0.25) is 0 Å². The van der Waals surface area contributed by atoms with Crippen LogP contribution in [0.25, 0.3) is 0 Å². The van der Waals surface area contributed by atoms with E-state index in [2.05, 4.69) is 10.1 Å². The molecule has 0 amide bonds. The number of ketones is 1. The van der Waals surface area contributed by atoms with Crippen molar-refractivity contribution < 1.29 is 18.0 Å². The SMILES string of the molecule is CC(C)(C(=O)c1ccc(N)cn1)c1cnn(CC(F)(F)F)c1. The lowest BCUT2D eigenvalue weighted by atomic mass is 9.81. The number of carbonyl (C=O) groups is 1. The number of aromatic nitrogens is 3. The molecule has 0 aliphatic rings. The summed E-state index contributed by atoms with van der Waals surface area (Å²) in [6.07, 6.45) is -0.518. The van der Waals surface area contributed by atoms with Gasteiger partial charge in [-0.3, -0.25) is 14.5 Å². The number of hydrogen-bond acceptors (Lipinski definition) is 4. The summed E-state index contributed by atoms with van der Waals surface area (Å²) in [5.74, 6) is -0.320. The van der Waals surface area contributed by atoms with Gasteiger partial charge in [-0.2, -0.15) is 18.3 Å². The maximum Gasteiger partial charge on any atom is 0.408 e. The van der Waals surface area contributed by atoms with Crippen molar-refractivity contribution >= 4 is 11.5 Å². The van der Waals surface area contributed by atoms with E-state index in [-0.39, 0.29) is 11.5 Å². The van der Waals surface area contributed by atoms with Crippen LogP contribution in [0.5, 0.6) is 0 Å². The van der Waals surface area contributed by atoms with Crippen LogP contribution in [0.4, 0.5) is 18.9 Å². The minimum Gasteiger partial charge on any atom is -0.397 e. The summed E-state index contributed by atoms with van der Waals surface area (Å²) in [7, 11) is 0. The molecule has 2 heterocycles. The molecule has 0 spiro atoms. The summed E-state index contributed by atoms with van der Waals surface area (Å²) in [5.41, 5.74) is 5.48. The molecule has 2 rings (SSSR count). The van der Waals surface area contributed by atoms with Crippen LogP contribution in [0, 0.1) is 0 Å². The van der Waals surface area contributed by atoms with Crippen molar-refractivity contribution in [2.24, 2.45) is 0 Å². The van der Waals surface area contributed by atoms with Crippen LogP contribution >= 0.6 is 0 Å². The molecule has 0 fully saturated rings. The average molecular weight is 312 g/mol. The van der Waals surface area contributed by atoms with Crippen LogP contribution in [0.3, 0.4) is 0 Å². The fraction of sp³-hybridized carbons (Fsp3) is 0.357. The first-order chi connectivity index (χ1) is 10.1. The first kappa shape index (κ1) is 16.0. The van der Waals surface area contributed by atoms with Crippen LogP contribution in [0.2, 0.25) is 0 Å². The number of nitrogens with two attached hydrogens (primary N) is 1. The minimum atomic E-state index is -4.37. The van der Waals surface area contributed by atoms with Gasteiger partial charge in [-0.1, -0.05) is 0 Å². The molecule has 0 radical (unpaired) electrons. The molecule has 2 aromatic rings. The highest BCUT2D eigenvalue weighted by atomic mass is 19.4. The van der Waals surface area contributed by atoms with Crippen LogP contribution in [0.1, 0.15) is 29.9 Å². The van der Waals surface area contributed by atoms with Gasteiger partial charge in [0.25, 0.3) is 0 Å². The average Bonchev–Trinajstić information content (AvgIpc) is 2.85. The summed E-state index contributed by atoms with van der Waals surface area (Å²) < 4.78 is 37.8. The second kappa shape index (κ2) is 5.43. The van der Waals surface area contributed by atoms with Crippen LogP contribution < -0.4 is 5.73 Å². The fourth-order valence-electron chi connectivity index (χ4n) is 1.95.